The third-order valence-corrected chi connectivity index (χ3v) is 4.65. The smallest absolute Gasteiger partial charge is 0.227 e. The molecule has 1 aliphatic rings. The van der Waals surface area contributed by atoms with Crippen molar-refractivity contribution in [3.8, 4) is 6.07 Å². The van der Waals surface area contributed by atoms with E-state index in [1.807, 2.05) is 18.2 Å². The molecular weight excluding hydrogens is 350 g/mol. The lowest BCUT2D eigenvalue weighted by atomic mass is 10.1. The number of nitriles is 1. The van der Waals surface area contributed by atoms with Crippen LogP contribution in [0.1, 0.15) is 17.5 Å². The van der Waals surface area contributed by atoms with Gasteiger partial charge in [0, 0.05) is 24.5 Å². The Bertz CT molecular complexity index is 875. The molecular formula is C20H18ClN3O2. The van der Waals surface area contributed by atoms with E-state index in [1.54, 1.807) is 30.3 Å². The van der Waals surface area contributed by atoms with Gasteiger partial charge in [-0.2, -0.15) is 5.26 Å². The lowest BCUT2D eigenvalue weighted by Crippen LogP contribution is -2.34. The van der Waals surface area contributed by atoms with Crippen LogP contribution in [0.5, 0.6) is 0 Å². The number of hydrogen-bond donors (Lipinski definition) is 1. The average Bonchev–Trinajstić information content (AvgIpc) is 3.03. The van der Waals surface area contributed by atoms with Gasteiger partial charge in [0.15, 0.2) is 0 Å². The van der Waals surface area contributed by atoms with E-state index in [9.17, 15) is 14.9 Å². The van der Waals surface area contributed by atoms with Gasteiger partial charge in [0.1, 0.15) is 6.07 Å². The Morgan fingerprint density at radius 3 is 2.85 bits per heavy atom. The maximum Gasteiger partial charge on any atom is 0.227 e. The second-order valence-corrected chi connectivity index (χ2v) is 6.64. The minimum absolute atomic E-state index is 0.136. The van der Waals surface area contributed by atoms with E-state index in [0.717, 1.165) is 5.56 Å². The first kappa shape index (κ1) is 18.0. The van der Waals surface area contributed by atoms with Crippen molar-refractivity contribution < 1.29 is 9.59 Å². The van der Waals surface area contributed by atoms with Gasteiger partial charge in [-0.3, -0.25) is 9.59 Å². The average molecular weight is 368 g/mol. The van der Waals surface area contributed by atoms with Gasteiger partial charge < -0.3 is 10.2 Å². The number of halogens is 1. The van der Waals surface area contributed by atoms with Gasteiger partial charge in [0.05, 0.1) is 17.2 Å². The quantitative estimate of drug-likeness (QED) is 0.883. The van der Waals surface area contributed by atoms with Crippen molar-refractivity contribution in [1.82, 2.24) is 5.32 Å². The van der Waals surface area contributed by atoms with Gasteiger partial charge in [-0.1, -0.05) is 35.9 Å². The fourth-order valence-corrected chi connectivity index (χ4v) is 3.30. The summed E-state index contributed by atoms with van der Waals surface area (Å²) >= 11 is 5.95. The fourth-order valence-electron chi connectivity index (χ4n) is 3.09. The van der Waals surface area contributed by atoms with Crippen molar-refractivity contribution in [3.63, 3.8) is 0 Å². The highest BCUT2D eigenvalue weighted by Crippen LogP contribution is 2.27. The van der Waals surface area contributed by atoms with E-state index in [4.69, 9.17) is 11.6 Å². The lowest BCUT2D eigenvalue weighted by molar-refractivity contribution is -0.126. The normalized spacial score (nSPS) is 16.4. The highest BCUT2D eigenvalue weighted by Gasteiger charge is 2.35. The number of anilines is 1. The highest BCUT2D eigenvalue weighted by atomic mass is 35.5. The summed E-state index contributed by atoms with van der Waals surface area (Å²) in [4.78, 5) is 26.2. The van der Waals surface area contributed by atoms with E-state index in [-0.39, 0.29) is 18.2 Å². The van der Waals surface area contributed by atoms with Gasteiger partial charge in [0.2, 0.25) is 11.8 Å². The second-order valence-electron chi connectivity index (χ2n) is 6.21. The topological polar surface area (TPSA) is 73.2 Å². The number of nitrogens with one attached hydrogen (secondary N) is 1. The molecule has 2 aromatic rings. The van der Waals surface area contributed by atoms with Crippen molar-refractivity contribution in [1.29, 1.82) is 5.26 Å². The van der Waals surface area contributed by atoms with Crippen LogP contribution in [0.15, 0.2) is 48.5 Å². The van der Waals surface area contributed by atoms with E-state index < -0.39 is 5.92 Å². The SMILES string of the molecule is N#Cc1ccccc1N1CC(C(=O)NCCc2cccc(Cl)c2)CC1=O. The number of amides is 2. The Morgan fingerprint density at radius 2 is 2.08 bits per heavy atom. The first-order chi connectivity index (χ1) is 12.6. The predicted molar refractivity (Wildman–Crippen MR) is 99.8 cm³/mol. The molecule has 1 aliphatic heterocycles. The summed E-state index contributed by atoms with van der Waals surface area (Å²) in [5, 5.41) is 12.8. The minimum atomic E-state index is -0.409. The predicted octanol–water partition coefficient (Wildman–Crippen LogP) is 2.92. The summed E-state index contributed by atoms with van der Waals surface area (Å²) in [6, 6.07) is 16.5. The molecule has 0 aliphatic carbocycles. The van der Waals surface area contributed by atoms with Crippen molar-refractivity contribution >= 4 is 29.1 Å². The molecule has 0 spiro atoms. The van der Waals surface area contributed by atoms with E-state index in [0.29, 0.717) is 35.8 Å². The Hall–Kier alpha value is -2.84. The molecule has 2 aromatic carbocycles. The van der Waals surface area contributed by atoms with Crippen molar-refractivity contribution in [3.05, 3.63) is 64.7 Å². The van der Waals surface area contributed by atoms with Crippen LogP contribution in [0.25, 0.3) is 0 Å². The van der Waals surface area contributed by atoms with E-state index >= 15 is 0 Å². The molecule has 0 radical (unpaired) electrons. The molecule has 5 nitrogen and oxygen atoms in total. The molecule has 0 aromatic heterocycles. The monoisotopic (exact) mass is 367 g/mol. The summed E-state index contributed by atoms with van der Waals surface area (Å²) in [6.07, 6.45) is 0.830. The van der Waals surface area contributed by atoms with Crippen LogP contribution in [-0.4, -0.2) is 24.9 Å². The molecule has 26 heavy (non-hydrogen) atoms. The standard InChI is InChI=1S/C20H18ClN3O2/c21-17-6-3-4-14(10-17)8-9-23-20(26)16-11-19(25)24(13-16)18-7-2-1-5-15(18)12-22/h1-7,10,16H,8-9,11,13H2,(H,23,26). The van der Waals surface area contributed by atoms with Crippen LogP contribution in [0, 0.1) is 17.2 Å². The molecule has 1 fully saturated rings. The first-order valence-electron chi connectivity index (χ1n) is 8.40. The van der Waals surface area contributed by atoms with E-state index in [2.05, 4.69) is 11.4 Å². The molecule has 3 rings (SSSR count). The Kier molecular flexibility index (Phi) is 5.55. The number of nitrogens with zero attached hydrogens (tertiary/aromatic N) is 2. The van der Waals surface area contributed by atoms with Crippen molar-refractivity contribution in [2.75, 3.05) is 18.0 Å². The van der Waals surface area contributed by atoms with Gasteiger partial charge >= 0.3 is 0 Å². The van der Waals surface area contributed by atoms with Crippen LogP contribution >= 0.6 is 11.6 Å². The maximum absolute atomic E-state index is 12.4. The summed E-state index contributed by atoms with van der Waals surface area (Å²) in [6.45, 7) is 0.777. The zero-order valence-corrected chi connectivity index (χ0v) is 14.9. The van der Waals surface area contributed by atoms with Gasteiger partial charge in [-0.05, 0) is 36.2 Å². The van der Waals surface area contributed by atoms with Crippen LogP contribution < -0.4 is 10.2 Å². The van der Waals surface area contributed by atoms with Gasteiger partial charge in [0.25, 0.3) is 0 Å². The minimum Gasteiger partial charge on any atom is -0.355 e. The number of carbonyl (C=O) groups is 2. The third kappa shape index (κ3) is 4.04. The Balaban J connectivity index is 1.58. The number of carbonyl (C=O) groups excluding carboxylic acids is 2. The summed E-state index contributed by atoms with van der Waals surface area (Å²) < 4.78 is 0. The molecule has 6 heteroatoms. The molecule has 1 unspecified atom stereocenters. The number of benzene rings is 2. The number of hydrogen-bond acceptors (Lipinski definition) is 3. The summed E-state index contributed by atoms with van der Waals surface area (Å²) in [5.74, 6) is -0.686. The molecule has 1 N–H and O–H groups in total. The van der Waals surface area contributed by atoms with Crippen LogP contribution in [0.2, 0.25) is 5.02 Å². The molecule has 0 saturated carbocycles. The third-order valence-electron chi connectivity index (χ3n) is 4.41. The summed E-state index contributed by atoms with van der Waals surface area (Å²) in [7, 11) is 0. The van der Waals surface area contributed by atoms with E-state index in [1.165, 1.54) is 4.90 Å². The van der Waals surface area contributed by atoms with Crippen LogP contribution in [0.4, 0.5) is 5.69 Å². The molecule has 1 heterocycles. The Labute approximate surface area is 157 Å². The number of para-hydroxylation sites is 1. The molecule has 0 bridgehead atoms. The van der Waals surface area contributed by atoms with Crippen LogP contribution in [0.3, 0.4) is 0 Å². The molecule has 2 amide bonds. The lowest BCUT2D eigenvalue weighted by Gasteiger charge is -2.18. The zero-order valence-electron chi connectivity index (χ0n) is 14.1. The molecule has 1 saturated heterocycles. The fraction of sp³-hybridized carbons (Fsp3) is 0.250. The van der Waals surface area contributed by atoms with Crippen LogP contribution in [-0.2, 0) is 16.0 Å². The highest BCUT2D eigenvalue weighted by molar-refractivity contribution is 6.30. The Morgan fingerprint density at radius 1 is 1.27 bits per heavy atom. The van der Waals surface area contributed by atoms with Crippen molar-refractivity contribution in [2.45, 2.75) is 12.8 Å². The van der Waals surface area contributed by atoms with Gasteiger partial charge in [-0.25, -0.2) is 0 Å². The molecule has 1 atom stereocenters. The van der Waals surface area contributed by atoms with Crippen molar-refractivity contribution in [2.24, 2.45) is 5.92 Å². The first-order valence-corrected chi connectivity index (χ1v) is 8.78. The van der Waals surface area contributed by atoms with Gasteiger partial charge in [-0.15, -0.1) is 0 Å². The maximum atomic E-state index is 12.4. The molecule has 132 valence electrons. The largest absolute Gasteiger partial charge is 0.355 e. The summed E-state index contributed by atoms with van der Waals surface area (Å²) in [5.41, 5.74) is 2.04. The zero-order chi connectivity index (χ0) is 18.5. The number of rotatable bonds is 5. The second kappa shape index (κ2) is 8.03.